The van der Waals surface area contributed by atoms with E-state index in [1.165, 1.54) is 5.56 Å². The Hall–Kier alpha value is -0.340. The van der Waals surface area contributed by atoms with Crippen LogP contribution in [0.2, 0.25) is 0 Å². The van der Waals surface area contributed by atoms with Gasteiger partial charge in [-0.1, -0.05) is 28.1 Å². The first-order chi connectivity index (χ1) is 5.68. The topological polar surface area (TPSA) is 20.2 Å². The Morgan fingerprint density at radius 1 is 1.50 bits per heavy atom. The lowest BCUT2D eigenvalue weighted by Crippen LogP contribution is -2.01. The van der Waals surface area contributed by atoms with Gasteiger partial charge in [0.15, 0.2) is 0 Å². The monoisotopic (exact) mass is 228 g/mol. The van der Waals surface area contributed by atoms with Crippen molar-refractivity contribution in [1.82, 2.24) is 0 Å². The second kappa shape index (κ2) is 4.63. The van der Waals surface area contributed by atoms with Crippen LogP contribution in [0.25, 0.3) is 0 Å². The number of halogens is 1. The van der Waals surface area contributed by atoms with Gasteiger partial charge in [-0.05, 0) is 37.5 Å². The fourth-order valence-electron chi connectivity index (χ4n) is 1.07. The molecule has 1 aromatic carbocycles. The Kier molecular flexibility index (Phi) is 3.76. The highest BCUT2D eigenvalue weighted by molar-refractivity contribution is 9.10. The predicted molar refractivity (Wildman–Crippen MR) is 54.1 cm³/mol. The van der Waals surface area contributed by atoms with Crippen molar-refractivity contribution in [3.05, 3.63) is 34.3 Å². The normalized spacial score (nSPS) is 12.9. The molecule has 0 amide bonds. The average Bonchev–Trinajstić information content (AvgIpc) is 2.01. The first-order valence-corrected chi connectivity index (χ1v) is 4.90. The van der Waals surface area contributed by atoms with E-state index < -0.39 is 0 Å². The van der Waals surface area contributed by atoms with Gasteiger partial charge in [-0.25, -0.2) is 0 Å². The van der Waals surface area contributed by atoms with E-state index in [2.05, 4.69) is 28.1 Å². The van der Waals surface area contributed by atoms with Crippen LogP contribution in [0.4, 0.5) is 0 Å². The molecule has 0 unspecified atom stereocenters. The van der Waals surface area contributed by atoms with E-state index in [4.69, 9.17) is 5.11 Å². The summed E-state index contributed by atoms with van der Waals surface area (Å²) in [6, 6.07) is 8.18. The van der Waals surface area contributed by atoms with E-state index in [1.54, 1.807) is 0 Å². The lowest BCUT2D eigenvalue weighted by Gasteiger charge is -2.03. The molecule has 12 heavy (non-hydrogen) atoms. The van der Waals surface area contributed by atoms with Crippen LogP contribution >= 0.6 is 15.9 Å². The average molecular weight is 229 g/mol. The van der Waals surface area contributed by atoms with Gasteiger partial charge in [-0.3, -0.25) is 0 Å². The summed E-state index contributed by atoms with van der Waals surface area (Å²) in [6.07, 6.45) is 1.57. The molecule has 2 heteroatoms. The van der Waals surface area contributed by atoms with Gasteiger partial charge >= 0.3 is 0 Å². The molecule has 1 atom stereocenters. The highest BCUT2D eigenvalue weighted by Crippen LogP contribution is 2.13. The van der Waals surface area contributed by atoms with Crippen LogP contribution in [0.1, 0.15) is 18.9 Å². The minimum atomic E-state index is -0.205. The minimum Gasteiger partial charge on any atom is -0.393 e. The summed E-state index contributed by atoms with van der Waals surface area (Å²) in [6.45, 7) is 1.82. The fourth-order valence-corrected chi connectivity index (χ4v) is 1.51. The van der Waals surface area contributed by atoms with Crippen LogP contribution < -0.4 is 0 Å². The summed E-state index contributed by atoms with van der Waals surface area (Å²) in [7, 11) is 0. The summed E-state index contributed by atoms with van der Waals surface area (Å²) >= 11 is 3.41. The third kappa shape index (κ3) is 3.37. The molecule has 0 spiro atoms. The van der Waals surface area contributed by atoms with Gasteiger partial charge in [-0.15, -0.1) is 0 Å². The Morgan fingerprint density at radius 2 is 2.25 bits per heavy atom. The van der Waals surface area contributed by atoms with Crippen LogP contribution in [0.15, 0.2) is 28.7 Å². The molecule has 66 valence electrons. The second-order valence-electron chi connectivity index (χ2n) is 3.02. The molecule has 0 heterocycles. The molecule has 0 aliphatic carbocycles. The summed E-state index contributed by atoms with van der Waals surface area (Å²) in [5, 5.41) is 9.07. The summed E-state index contributed by atoms with van der Waals surface area (Å²) < 4.78 is 1.10. The van der Waals surface area contributed by atoms with Crippen molar-refractivity contribution in [2.45, 2.75) is 25.9 Å². The maximum absolute atomic E-state index is 9.07. The van der Waals surface area contributed by atoms with Crippen LogP contribution in [-0.2, 0) is 6.42 Å². The number of hydrogen-bond donors (Lipinski definition) is 1. The molecule has 0 aliphatic heterocycles. The molecule has 1 rings (SSSR count). The zero-order chi connectivity index (χ0) is 8.97. The van der Waals surface area contributed by atoms with Gasteiger partial charge in [0.2, 0.25) is 0 Å². The number of aliphatic hydroxyl groups excluding tert-OH is 1. The van der Waals surface area contributed by atoms with E-state index in [1.807, 2.05) is 19.1 Å². The SMILES string of the molecule is C[C@H](O)CCc1cccc(Br)c1. The van der Waals surface area contributed by atoms with E-state index in [0.29, 0.717) is 0 Å². The second-order valence-corrected chi connectivity index (χ2v) is 3.93. The van der Waals surface area contributed by atoms with Gasteiger partial charge in [0, 0.05) is 4.47 Å². The van der Waals surface area contributed by atoms with Crippen LogP contribution in [-0.4, -0.2) is 11.2 Å². The van der Waals surface area contributed by atoms with E-state index >= 15 is 0 Å². The summed E-state index contributed by atoms with van der Waals surface area (Å²) in [4.78, 5) is 0. The molecule has 1 aromatic rings. The molecule has 0 saturated carbocycles. The highest BCUT2D eigenvalue weighted by atomic mass is 79.9. The number of aryl methyl sites for hydroxylation is 1. The smallest absolute Gasteiger partial charge is 0.0515 e. The molecule has 0 bridgehead atoms. The lowest BCUT2D eigenvalue weighted by molar-refractivity contribution is 0.185. The number of rotatable bonds is 3. The number of aliphatic hydroxyl groups is 1. The molecular formula is C10H13BrO. The summed E-state index contributed by atoms with van der Waals surface area (Å²) in [5.74, 6) is 0. The van der Waals surface area contributed by atoms with Crippen molar-refractivity contribution in [3.8, 4) is 0 Å². The molecule has 0 saturated heterocycles. The first-order valence-electron chi connectivity index (χ1n) is 4.11. The highest BCUT2D eigenvalue weighted by Gasteiger charge is 1.97. The van der Waals surface area contributed by atoms with Crippen molar-refractivity contribution in [2.75, 3.05) is 0 Å². The van der Waals surface area contributed by atoms with Gasteiger partial charge in [-0.2, -0.15) is 0 Å². The molecule has 0 aromatic heterocycles. The maximum atomic E-state index is 9.07. The largest absolute Gasteiger partial charge is 0.393 e. The molecule has 0 aliphatic rings. The Balaban J connectivity index is 2.52. The van der Waals surface area contributed by atoms with Gasteiger partial charge in [0.1, 0.15) is 0 Å². The lowest BCUT2D eigenvalue weighted by atomic mass is 10.1. The van der Waals surface area contributed by atoms with Gasteiger partial charge in [0.05, 0.1) is 6.10 Å². The maximum Gasteiger partial charge on any atom is 0.0515 e. The van der Waals surface area contributed by atoms with E-state index in [0.717, 1.165) is 17.3 Å². The molecular weight excluding hydrogens is 216 g/mol. The standard InChI is InChI=1S/C10H13BrO/c1-8(12)5-6-9-3-2-4-10(11)7-9/h2-4,7-8,12H,5-6H2,1H3/t8-/m0/s1. The zero-order valence-electron chi connectivity index (χ0n) is 7.13. The number of hydrogen-bond acceptors (Lipinski definition) is 1. The Morgan fingerprint density at radius 3 is 2.83 bits per heavy atom. The quantitative estimate of drug-likeness (QED) is 0.844. The summed E-state index contributed by atoms with van der Waals surface area (Å²) in [5.41, 5.74) is 1.27. The van der Waals surface area contributed by atoms with Crippen LogP contribution in [0.3, 0.4) is 0 Å². The Bertz CT molecular complexity index is 245. The third-order valence-corrected chi connectivity index (χ3v) is 2.23. The van der Waals surface area contributed by atoms with Gasteiger partial charge < -0.3 is 5.11 Å². The predicted octanol–water partition coefficient (Wildman–Crippen LogP) is 2.76. The van der Waals surface area contributed by atoms with Crippen molar-refractivity contribution < 1.29 is 5.11 Å². The third-order valence-electron chi connectivity index (χ3n) is 1.74. The molecule has 1 N–H and O–H groups in total. The van der Waals surface area contributed by atoms with Crippen LogP contribution in [0.5, 0.6) is 0 Å². The van der Waals surface area contributed by atoms with E-state index in [-0.39, 0.29) is 6.10 Å². The number of benzene rings is 1. The minimum absolute atomic E-state index is 0.205. The van der Waals surface area contributed by atoms with Crippen molar-refractivity contribution in [2.24, 2.45) is 0 Å². The molecule has 0 fully saturated rings. The van der Waals surface area contributed by atoms with Crippen molar-refractivity contribution >= 4 is 15.9 Å². The molecule has 0 radical (unpaired) electrons. The van der Waals surface area contributed by atoms with E-state index in [9.17, 15) is 0 Å². The Labute approximate surface area is 81.6 Å². The first kappa shape index (κ1) is 9.75. The fraction of sp³-hybridized carbons (Fsp3) is 0.400. The zero-order valence-corrected chi connectivity index (χ0v) is 8.71. The molecule has 1 nitrogen and oxygen atoms in total. The van der Waals surface area contributed by atoms with Crippen molar-refractivity contribution in [1.29, 1.82) is 0 Å². The van der Waals surface area contributed by atoms with Crippen LogP contribution in [0, 0.1) is 0 Å². The van der Waals surface area contributed by atoms with Gasteiger partial charge in [0.25, 0.3) is 0 Å². The van der Waals surface area contributed by atoms with Crippen molar-refractivity contribution in [3.63, 3.8) is 0 Å².